The number of rotatable bonds is 8. The van der Waals surface area contributed by atoms with Gasteiger partial charge in [-0.3, -0.25) is 9.48 Å². The molecule has 158 valence electrons. The average Bonchev–Trinajstić information content (AvgIpc) is 3.47. The fraction of sp³-hybridized carbons (Fsp3) is 0.227. The molecule has 8 nitrogen and oxygen atoms in total. The molecule has 2 aromatic heterocycles. The summed E-state index contributed by atoms with van der Waals surface area (Å²) in [7, 11) is 0. The summed E-state index contributed by atoms with van der Waals surface area (Å²) >= 11 is 0. The number of carbonyl (C=O) groups is 1. The molecular weight excluding hydrogens is 399 g/mol. The lowest BCUT2D eigenvalue weighted by molar-refractivity contribution is -0.122. The quantitative estimate of drug-likeness (QED) is 0.470. The van der Waals surface area contributed by atoms with Gasteiger partial charge in [0.1, 0.15) is 18.5 Å². The highest BCUT2D eigenvalue weighted by molar-refractivity contribution is 5.76. The Bertz CT molecular complexity index is 1140. The van der Waals surface area contributed by atoms with E-state index in [1.165, 1.54) is 12.4 Å². The van der Waals surface area contributed by atoms with Gasteiger partial charge in [-0.05, 0) is 36.2 Å². The summed E-state index contributed by atoms with van der Waals surface area (Å²) < 4.78 is 20.4. The zero-order valence-electron chi connectivity index (χ0n) is 16.9. The van der Waals surface area contributed by atoms with Gasteiger partial charge in [0.15, 0.2) is 0 Å². The van der Waals surface area contributed by atoms with Gasteiger partial charge in [-0.25, -0.2) is 9.37 Å². The predicted octanol–water partition coefficient (Wildman–Crippen LogP) is 3.27. The normalized spacial score (nSPS) is 11.9. The third-order valence-corrected chi connectivity index (χ3v) is 4.82. The number of hydrogen-bond donors (Lipinski definition) is 1. The van der Waals surface area contributed by atoms with Crippen LogP contribution < -0.4 is 5.32 Å². The summed E-state index contributed by atoms with van der Waals surface area (Å²) in [5.74, 6) is 0.279. The second-order valence-electron chi connectivity index (χ2n) is 7.12. The molecule has 0 saturated carbocycles. The molecule has 1 N–H and O–H groups in total. The van der Waals surface area contributed by atoms with Crippen molar-refractivity contribution in [3.8, 4) is 11.4 Å². The van der Waals surface area contributed by atoms with Gasteiger partial charge < -0.3 is 9.84 Å². The summed E-state index contributed by atoms with van der Waals surface area (Å²) in [6, 6.07) is 14.0. The highest BCUT2D eigenvalue weighted by atomic mass is 19.1. The van der Waals surface area contributed by atoms with Crippen LogP contribution in [0.3, 0.4) is 0 Å². The number of aryl methyl sites for hydroxylation is 2. The number of hydrogen-bond acceptors (Lipinski definition) is 6. The molecule has 0 bridgehead atoms. The van der Waals surface area contributed by atoms with Crippen molar-refractivity contribution < 1.29 is 13.7 Å². The molecule has 0 aliphatic heterocycles. The molecule has 9 heteroatoms. The Balaban J connectivity index is 1.38. The van der Waals surface area contributed by atoms with E-state index in [4.69, 9.17) is 4.52 Å². The van der Waals surface area contributed by atoms with Gasteiger partial charge in [0, 0.05) is 18.4 Å². The zero-order chi connectivity index (χ0) is 21.6. The van der Waals surface area contributed by atoms with Crippen molar-refractivity contribution in [3.63, 3.8) is 0 Å². The summed E-state index contributed by atoms with van der Waals surface area (Å²) in [6.07, 6.45) is 3.55. The number of nitrogens with one attached hydrogen (secondary N) is 1. The zero-order valence-corrected chi connectivity index (χ0v) is 16.9. The largest absolute Gasteiger partial charge is 0.347 e. The lowest BCUT2D eigenvalue weighted by Crippen LogP contribution is -2.31. The van der Waals surface area contributed by atoms with Crippen LogP contribution in [-0.2, 0) is 17.8 Å². The van der Waals surface area contributed by atoms with Gasteiger partial charge in [-0.2, -0.15) is 10.1 Å². The first-order valence-corrected chi connectivity index (χ1v) is 9.84. The second-order valence-corrected chi connectivity index (χ2v) is 7.12. The molecule has 0 fully saturated rings. The van der Waals surface area contributed by atoms with E-state index in [0.717, 1.165) is 5.56 Å². The van der Waals surface area contributed by atoms with Crippen LogP contribution in [-0.4, -0.2) is 30.8 Å². The average molecular weight is 420 g/mol. The summed E-state index contributed by atoms with van der Waals surface area (Å²) in [6.45, 7) is 2.14. The molecule has 1 amide bonds. The Morgan fingerprint density at radius 1 is 1.23 bits per heavy atom. The smallest absolute Gasteiger partial charge is 0.227 e. The first-order chi connectivity index (χ1) is 15.1. The van der Waals surface area contributed by atoms with E-state index in [1.54, 1.807) is 30.1 Å². The number of benzene rings is 2. The van der Waals surface area contributed by atoms with Gasteiger partial charge in [-0.15, -0.1) is 0 Å². The second kappa shape index (κ2) is 9.29. The van der Waals surface area contributed by atoms with Crippen molar-refractivity contribution in [2.75, 3.05) is 0 Å². The predicted molar refractivity (Wildman–Crippen MR) is 110 cm³/mol. The van der Waals surface area contributed by atoms with Crippen LogP contribution in [0, 0.1) is 12.7 Å². The van der Waals surface area contributed by atoms with Gasteiger partial charge in [-0.1, -0.05) is 35.5 Å². The Hall–Kier alpha value is -3.88. The van der Waals surface area contributed by atoms with E-state index in [-0.39, 0.29) is 24.2 Å². The SMILES string of the molecule is Cc1cc(-c2noc(CCC(=O)NC(Cn3cncn3)c3ccccc3)n2)ccc1F. The van der Waals surface area contributed by atoms with Crippen molar-refractivity contribution in [1.29, 1.82) is 0 Å². The maximum atomic E-state index is 13.5. The van der Waals surface area contributed by atoms with E-state index in [2.05, 4.69) is 25.5 Å². The lowest BCUT2D eigenvalue weighted by atomic mass is 10.1. The maximum Gasteiger partial charge on any atom is 0.227 e. The topological polar surface area (TPSA) is 98.7 Å². The third-order valence-electron chi connectivity index (χ3n) is 4.82. The van der Waals surface area contributed by atoms with E-state index < -0.39 is 0 Å². The van der Waals surface area contributed by atoms with Crippen molar-refractivity contribution in [2.24, 2.45) is 0 Å². The van der Waals surface area contributed by atoms with Crippen molar-refractivity contribution in [2.45, 2.75) is 32.4 Å². The molecule has 4 aromatic rings. The molecule has 1 unspecified atom stereocenters. The lowest BCUT2D eigenvalue weighted by Gasteiger charge is -2.19. The number of carbonyl (C=O) groups excluding carboxylic acids is 1. The standard InChI is InChI=1S/C22H21FN6O2/c1-15-11-17(7-8-18(15)23)22-27-21(31-28-22)10-9-20(30)26-19(12-29-14-24-13-25-29)16-5-3-2-4-6-16/h2-8,11,13-14,19H,9-10,12H2,1H3,(H,26,30). The van der Waals surface area contributed by atoms with Crippen LogP contribution >= 0.6 is 0 Å². The van der Waals surface area contributed by atoms with Crippen LogP contribution in [0.4, 0.5) is 4.39 Å². The molecule has 4 rings (SSSR count). The molecule has 2 aromatic carbocycles. The molecule has 0 saturated heterocycles. The van der Waals surface area contributed by atoms with Crippen molar-refractivity contribution in [1.82, 2.24) is 30.2 Å². The molecule has 0 radical (unpaired) electrons. The number of amides is 1. The minimum atomic E-state index is -0.289. The first-order valence-electron chi connectivity index (χ1n) is 9.84. The van der Waals surface area contributed by atoms with Gasteiger partial charge >= 0.3 is 0 Å². The van der Waals surface area contributed by atoms with Gasteiger partial charge in [0.05, 0.1) is 12.6 Å². The minimum absolute atomic E-state index is 0.147. The minimum Gasteiger partial charge on any atom is -0.347 e. The van der Waals surface area contributed by atoms with Crippen LogP contribution in [0.1, 0.15) is 29.5 Å². The third kappa shape index (κ3) is 5.19. The van der Waals surface area contributed by atoms with Crippen LogP contribution in [0.15, 0.2) is 65.7 Å². The Labute approximate surface area is 178 Å². The molecule has 2 heterocycles. The highest BCUT2D eigenvalue weighted by Crippen LogP contribution is 2.20. The Morgan fingerprint density at radius 3 is 2.81 bits per heavy atom. The molecule has 1 atom stereocenters. The van der Waals surface area contributed by atoms with Gasteiger partial charge in [0.25, 0.3) is 0 Å². The molecule has 0 aliphatic carbocycles. The number of nitrogens with zero attached hydrogens (tertiary/aromatic N) is 5. The number of aromatic nitrogens is 5. The van der Waals surface area contributed by atoms with Crippen LogP contribution in [0.25, 0.3) is 11.4 Å². The fourth-order valence-corrected chi connectivity index (χ4v) is 3.18. The van der Waals surface area contributed by atoms with Crippen LogP contribution in [0.2, 0.25) is 0 Å². The molecular formula is C22H21FN6O2. The summed E-state index contributed by atoms with van der Waals surface area (Å²) in [4.78, 5) is 20.9. The molecule has 0 aliphatic rings. The number of halogens is 1. The summed E-state index contributed by atoms with van der Waals surface area (Å²) in [5.41, 5.74) is 2.14. The molecule has 0 spiro atoms. The van der Waals surface area contributed by atoms with Crippen molar-refractivity contribution >= 4 is 5.91 Å². The molecule has 31 heavy (non-hydrogen) atoms. The maximum absolute atomic E-state index is 13.5. The Kier molecular flexibility index (Phi) is 6.11. The highest BCUT2D eigenvalue weighted by Gasteiger charge is 2.17. The van der Waals surface area contributed by atoms with Gasteiger partial charge in [0.2, 0.25) is 17.6 Å². The van der Waals surface area contributed by atoms with E-state index in [1.807, 2.05) is 30.3 Å². The summed E-state index contributed by atoms with van der Waals surface area (Å²) in [5, 5.41) is 11.1. The Morgan fingerprint density at radius 2 is 2.06 bits per heavy atom. The van der Waals surface area contributed by atoms with Crippen LogP contribution in [0.5, 0.6) is 0 Å². The van der Waals surface area contributed by atoms with E-state index in [9.17, 15) is 9.18 Å². The first kappa shape index (κ1) is 20.4. The van der Waals surface area contributed by atoms with Crippen molar-refractivity contribution in [3.05, 3.63) is 84.0 Å². The fourth-order valence-electron chi connectivity index (χ4n) is 3.18. The van der Waals surface area contributed by atoms with E-state index >= 15 is 0 Å². The monoisotopic (exact) mass is 420 g/mol. The van der Waals surface area contributed by atoms with E-state index in [0.29, 0.717) is 35.8 Å².